The van der Waals surface area contributed by atoms with Crippen LogP contribution in [0.1, 0.15) is 12.5 Å². The molecule has 2 rings (SSSR count). The first-order valence-electron chi connectivity index (χ1n) is 6.81. The molecule has 0 saturated carbocycles. The number of aryl methyl sites for hydroxylation is 1. The summed E-state index contributed by atoms with van der Waals surface area (Å²) in [6, 6.07) is 4.22. The lowest BCUT2D eigenvalue weighted by Gasteiger charge is -2.22. The fraction of sp³-hybridized carbons (Fsp3) is 0.286. The Morgan fingerprint density at radius 1 is 1.08 bits per heavy atom. The molecule has 1 atom stereocenters. The van der Waals surface area contributed by atoms with Crippen molar-refractivity contribution >= 4 is 5.69 Å². The molecule has 1 aromatic carbocycles. The van der Waals surface area contributed by atoms with Gasteiger partial charge >= 0.3 is 11.4 Å². The Morgan fingerprint density at radius 2 is 1.64 bits per heavy atom. The molecular formula is C14H15N3O8. The van der Waals surface area contributed by atoms with Gasteiger partial charge in [0.1, 0.15) is 9.85 Å². The number of nitro benzene ring substituents is 1. The molecule has 0 fully saturated rings. The monoisotopic (exact) mass is 353 g/mol. The number of hydrogen-bond acceptors (Lipinski definition) is 8. The Kier molecular flexibility index (Phi) is 5.90. The van der Waals surface area contributed by atoms with Gasteiger partial charge in [-0.2, -0.15) is 0 Å². The highest BCUT2D eigenvalue weighted by Crippen LogP contribution is 2.29. The zero-order valence-corrected chi connectivity index (χ0v) is 13.2. The summed E-state index contributed by atoms with van der Waals surface area (Å²) in [6.07, 6.45) is 1.89. The van der Waals surface area contributed by atoms with E-state index in [0.29, 0.717) is 0 Å². The molecule has 0 bridgehead atoms. The molecule has 0 amide bonds. The Labute approximate surface area is 141 Å². The number of nitrogens with zero attached hydrogens (tertiary/aromatic N) is 3. The molecule has 1 aliphatic rings. The number of allylic oxidation sites excluding steroid dienone is 2. The number of hydrogen-bond donors (Lipinski definition) is 2. The van der Waals surface area contributed by atoms with Crippen molar-refractivity contribution in [3.63, 3.8) is 0 Å². The van der Waals surface area contributed by atoms with E-state index < -0.39 is 26.5 Å². The molecule has 1 aromatic rings. The van der Waals surface area contributed by atoms with Crippen molar-refractivity contribution in [3.05, 3.63) is 77.9 Å². The minimum atomic E-state index is -2.63. The first-order valence-corrected chi connectivity index (χ1v) is 6.81. The van der Waals surface area contributed by atoms with Crippen molar-refractivity contribution in [2.45, 2.75) is 25.6 Å². The summed E-state index contributed by atoms with van der Waals surface area (Å²) in [7, 11) is 0. The van der Waals surface area contributed by atoms with Crippen LogP contribution in [0, 0.1) is 37.3 Å². The third-order valence-corrected chi connectivity index (χ3v) is 3.52. The van der Waals surface area contributed by atoms with Crippen LogP contribution in [-0.2, 0) is 0 Å². The fourth-order valence-corrected chi connectivity index (χ4v) is 2.15. The van der Waals surface area contributed by atoms with Crippen molar-refractivity contribution in [2.75, 3.05) is 0 Å². The molecule has 134 valence electrons. The fourth-order valence-electron chi connectivity index (χ4n) is 2.15. The standard InChI is InChI=1S/C7H8N2O5.C7H7NO3/c1-5-3-2-4-6(10)7(5,8(11)12)9(13)14;1-5-2-3-6(8(10)11)7(9)4-5/h2-4,6,10H,1H3;2-4,9H,1H3. The van der Waals surface area contributed by atoms with Gasteiger partial charge in [0, 0.05) is 6.07 Å². The summed E-state index contributed by atoms with van der Waals surface area (Å²) in [5.74, 6) is -0.282. The maximum Gasteiger partial charge on any atom is 0.508 e. The summed E-state index contributed by atoms with van der Waals surface area (Å²) in [6.45, 7) is 3.00. The van der Waals surface area contributed by atoms with Gasteiger partial charge in [-0.05, 0) is 37.6 Å². The van der Waals surface area contributed by atoms with Gasteiger partial charge < -0.3 is 10.2 Å². The highest BCUT2D eigenvalue weighted by molar-refractivity contribution is 5.46. The highest BCUT2D eigenvalue weighted by atomic mass is 16.7. The molecular weight excluding hydrogens is 338 g/mol. The lowest BCUT2D eigenvalue weighted by molar-refractivity contribution is -0.791. The molecule has 1 unspecified atom stereocenters. The van der Waals surface area contributed by atoms with E-state index in [0.717, 1.165) is 11.6 Å². The number of benzene rings is 1. The molecule has 0 aliphatic heterocycles. The number of aliphatic hydroxyl groups excluding tert-OH is 1. The third kappa shape index (κ3) is 3.77. The van der Waals surface area contributed by atoms with Crippen LogP contribution < -0.4 is 0 Å². The predicted molar refractivity (Wildman–Crippen MR) is 85.1 cm³/mol. The number of rotatable bonds is 3. The van der Waals surface area contributed by atoms with E-state index in [-0.39, 0.29) is 17.0 Å². The minimum absolute atomic E-state index is 0.0949. The molecule has 25 heavy (non-hydrogen) atoms. The zero-order valence-electron chi connectivity index (χ0n) is 13.2. The molecule has 11 heteroatoms. The average Bonchev–Trinajstić information content (AvgIpc) is 2.46. The maximum absolute atomic E-state index is 10.7. The number of aliphatic hydroxyl groups is 1. The van der Waals surface area contributed by atoms with Crippen LogP contribution in [0.2, 0.25) is 0 Å². The highest BCUT2D eigenvalue weighted by Gasteiger charge is 2.64. The smallest absolute Gasteiger partial charge is 0.502 e. The van der Waals surface area contributed by atoms with E-state index in [2.05, 4.69) is 0 Å². The van der Waals surface area contributed by atoms with E-state index in [1.807, 2.05) is 0 Å². The molecule has 11 nitrogen and oxygen atoms in total. The zero-order chi connectivity index (χ0) is 19.4. The van der Waals surface area contributed by atoms with Crippen LogP contribution in [0.3, 0.4) is 0 Å². The van der Waals surface area contributed by atoms with Gasteiger partial charge in [0.2, 0.25) is 6.10 Å². The van der Waals surface area contributed by atoms with E-state index >= 15 is 0 Å². The minimum Gasteiger partial charge on any atom is -0.502 e. The largest absolute Gasteiger partial charge is 0.508 e. The normalized spacial score (nSPS) is 17.7. The molecule has 1 aliphatic carbocycles. The van der Waals surface area contributed by atoms with Gasteiger partial charge in [-0.25, -0.2) is 0 Å². The lowest BCUT2D eigenvalue weighted by Crippen LogP contribution is -2.56. The van der Waals surface area contributed by atoms with Crippen LogP contribution in [0.4, 0.5) is 5.69 Å². The van der Waals surface area contributed by atoms with Crippen LogP contribution in [0.15, 0.2) is 42.0 Å². The maximum atomic E-state index is 10.7. The molecule has 0 heterocycles. The Hall–Kier alpha value is -3.34. The van der Waals surface area contributed by atoms with E-state index in [1.165, 1.54) is 31.2 Å². The SMILES string of the molecule is CC1=CC=CC(O)C1([N+](=O)[O-])[N+](=O)[O-].Cc1ccc([N+](=O)[O-])c(O)c1. The van der Waals surface area contributed by atoms with Crippen molar-refractivity contribution in [1.82, 2.24) is 0 Å². The molecule has 2 N–H and O–H groups in total. The quantitative estimate of drug-likeness (QED) is 0.470. The van der Waals surface area contributed by atoms with Gasteiger partial charge in [0.15, 0.2) is 5.75 Å². The number of phenolic OH excluding ortho intramolecular Hbond substituents is 1. The lowest BCUT2D eigenvalue weighted by atomic mass is 9.91. The first-order chi connectivity index (χ1) is 11.5. The van der Waals surface area contributed by atoms with Crippen LogP contribution in [0.5, 0.6) is 5.75 Å². The van der Waals surface area contributed by atoms with E-state index in [1.54, 1.807) is 13.0 Å². The second kappa shape index (κ2) is 7.49. The Bertz CT molecular complexity index is 757. The van der Waals surface area contributed by atoms with Gasteiger partial charge in [0.05, 0.1) is 10.5 Å². The topological polar surface area (TPSA) is 170 Å². The van der Waals surface area contributed by atoms with Crippen LogP contribution in [-0.4, -0.2) is 36.7 Å². The van der Waals surface area contributed by atoms with Crippen molar-refractivity contribution in [1.29, 1.82) is 0 Å². The van der Waals surface area contributed by atoms with Crippen molar-refractivity contribution < 1.29 is 25.0 Å². The molecule has 0 spiro atoms. The summed E-state index contributed by atoms with van der Waals surface area (Å²) in [5.41, 5.74) is -2.18. The first kappa shape index (κ1) is 19.7. The van der Waals surface area contributed by atoms with Gasteiger partial charge in [-0.3, -0.25) is 30.3 Å². The third-order valence-electron chi connectivity index (χ3n) is 3.52. The summed E-state index contributed by atoms with van der Waals surface area (Å²) in [4.78, 5) is 28.7. The Balaban J connectivity index is 0.000000257. The summed E-state index contributed by atoms with van der Waals surface area (Å²) in [5, 5.41) is 49.9. The van der Waals surface area contributed by atoms with Gasteiger partial charge in [0.25, 0.3) is 0 Å². The molecule has 0 saturated heterocycles. The van der Waals surface area contributed by atoms with Crippen molar-refractivity contribution in [3.8, 4) is 5.75 Å². The van der Waals surface area contributed by atoms with Crippen molar-refractivity contribution in [2.24, 2.45) is 0 Å². The number of phenols is 1. The second-order valence-corrected chi connectivity index (χ2v) is 5.17. The molecule has 0 radical (unpaired) electrons. The number of nitro groups is 3. The Morgan fingerprint density at radius 3 is 2.00 bits per heavy atom. The molecule has 0 aromatic heterocycles. The van der Waals surface area contributed by atoms with Crippen LogP contribution in [0.25, 0.3) is 0 Å². The van der Waals surface area contributed by atoms with Crippen LogP contribution >= 0.6 is 0 Å². The van der Waals surface area contributed by atoms with E-state index in [4.69, 9.17) is 5.11 Å². The predicted octanol–water partition coefficient (Wildman–Crippen LogP) is 1.72. The second-order valence-electron chi connectivity index (χ2n) is 5.17. The summed E-state index contributed by atoms with van der Waals surface area (Å²) >= 11 is 0. The number of aromatic hydroxyl groups is 1. The van der Waals surface area contributed by atoms with Gasteiger partial charge in [-0.15, -0.1) is 0 Å². The average molecular weight is 353 g/mol. The van der Waals surface area contributed by atoms with Gasteiger partial charge in [-0.1, -0.05) is 12.1 Å². The summed E-state index contributed by atoms with van der Waals surface area (Å²) < 4.78 is 0. The van der Waals surface area contributed by atoms with E-state index in [9.17, 15) is 35.4 Å².